The molecule has 0 spiro atoms. The first kappa shape index (κ1) is 11.8. The van der Waals surface area contributed by atoms with Gasteiger partial charge in [0.2, 0.25) is 0 Å². The number of hydrogen-bond donors (Lipinski definition) is 1. The first-order valence-electron chi connectivity index (χ1n) is 4.49. The molecule has 0 atom stereocenters. The van der Waals surface area contributed by atoms with Crippen LogP contribution in [0.2, 0.25) is 0 Å². The molecule has 1 aromatic rings. The van der Waals surface area contributed by atoms with Crippen molar-refractivity contribution in [3.63, 3.8) is 0 Å². The van der Waals surface area contributed by atoms with Crippen LogP contribution in [0, 0.1) is 6.92 Å². The predicted octanol–water partition coefficient (Wildman–Crippen LogP) is 2.52. The Labute approximate surface area is 93.2 Å². The molecule has 0 saturated carbocycles. The fourth-order valence-corrected chi connectivity index (χ4v) is 1.81. The van der Waals surface area contributed by atoms with E-state index in [1.165, 1.54) is 6.92 Å². The first-order chi connectivity index (χ1) is 7.06. The zero-order valence-electron chi connectivity index (χ0n) is 8.78. The van der Waals surface area contributed by atoms with Gasteiger partial charge in [-0.05, 0) is 12.5 Å². The number of carbonyl (C=O) groups excluding carboxylic acids is 1. The SMILES string of the molecule is C=Cc1cnc(C)c(O)c1CSC(C)=O. The molecule has 3 nitrogen and oxygen atoms in total. The van der Waals surface area contributed by atoms with Crippen LogP contribution in [0.25, 0.3) is 6.08 Å². The molecule has 15 heavy (non-hydrogen) atoms. The number of carbonyl (C=O) groups is 1. The van der Waals surface area contributed by atoms with Crippen LogP contribution in [0.4, 0.5) is 0 Å². The van der Waals surface area contributed by atoms with Crippen molar-refractivity contribution in [2.24, 2.45) is 0 Å². The second-order valence-electron chi connectivity index (χ2n) is 3.11. The highest BCUT2D eigenvalue weighted by Crippen LogP contribution is 2.28. The van der Waals surface area contributed by atoms with E-state index in [9.17, 15) is 9.90 Å². The predicted molar refractivity (Wildman–Crippen MR) is 62.7 cm³/mol. The van der Waals surface area contributed by atoms with Crippen LogP contribution in [-0.4, -0.2) is 15.2 Å². The lowest BCUT2D eigenvalue weighted by Gasteiger charge is -2.08. The Balaban J connectivity index is 3.06. The highest BCUT2D eigenvalue weighted by molar-refractivity contribution is 8.12. The average Bonchev–Trinajstić information content (AvgIpc) is 2.20. The molecule has 0 saturated heterocycles. The van der Waals surface area contributed by atoms with Gasteiger partial charge < -0.3 is 5.11 Å². The minimum Gasteiger partial charge on any atom is -0.506 e. The third-order valence-electron chi connectivity index (χ3n) is 2.01. The maximum absolute atomic E-state index is 10.9. The van der Waals surface area contributed by atoms with Crippen molar-refractivity contribution in [2.75, 3.05) is 0 Å². The Kier molecular flexibility index (Phi) is 3.91. The molecule has 0 radical (unpaired) electrons. The first-order valence-corrected chi connectivity index (χ1v) is 5.48. The van der Waals surface area contributed by atoms with Crippen LogP contribution in [0.15, 0.2) is 12.8 Å². The van der Waals surface area contributed by atoms with E-state index < -0.39 is 0 Å². The van der Waals surface area contributed by atoms with E-state index >= 15 is 0 Å². The molecule has 0 unspecified atom stereocenters. The van der Waals surface area contributed by atoms with Crippen molar-refractivity contribution in [1.82, 2.24) is 4.98 Å². The van der Waals surface area contributed by atoms with Crippen molar-refractivity contribution in [2.45, 2.75) is 19.6 Å². The quantitative estimate of drug-likeness (QED) is 0.855. The van der Waals surface area contributed by atoms with Crippen molar-refractivity contribution < 1.29 is 9.90 Å². The van der Waals surface area contributed by atoms with Gasteiger partial charge >= 0.3 is 0 Å². The largest absolute Gasteiger partial charge is 0.506 e. The highest BCUT2D eigenvalue weighted by atomic mass is 32.2. The Hall–Kier alpha value is -1.29. The molecule has 0 aliphatic carbocycles. The van der Waals surface area contributed by atoms with Gasteiger partial charge in [0.1, 0.15) is 5.75 Å². The molecule has 0 aromatic carbocycles. The lowest BCUT2D eigenvalue weighted by Crippen LogP contribution is -1.94. The van der Waals surface area contributed by atoms with Gasteiger partial charge in [-0.3, -0.25) is 9.78 Å². The molecule has 0 aliphatic heterocycles. The van der Waals surface area contributed by atoms with Gasteiger partial charge in [0.15, 0.2) is 5.12 Å². The lowest BCUT2D eigenvalue weighted by molar-refractivity contribution is -0.109. The molecule has 1 N–H and O–H groups in total. The number of aromatic hydroxyl groups is 1. The number of rotatable bonds is 3. The maximum Gasteiger partial charge on any atom is 0.186 e. The number of hydrogen-bond acceptors (Lipinski definition) is 4. The van der Waals surface area contributed by atoms with Crippen molar-refractivity contribution in [1.29, 1.82) is 0 Å². The summed E-state index contributed by atoms with van der Waals surface area (Å²) in [6.07, 6.45) is 3.28. The van der Waals surface area contributed by atoms with E-state index in [1.807, 2.05) is 0 Å². The Morgan fingerprint density at radius 1 is 1.73 bits per heavy atom. The van der Waals surface area contributed by atoms with Gasteiger partial charge in [0, 0.05) is 24.4 Å². The number of aryl methyl sites for hydroxylation is 1. The summed E-state index contributed by atoms with van der Waals surface area (Å²) in [6, 6.07) is 0. The van der Waals surface area contributed by atoms with Crippen molar-refractivity contribution >= 4 is 23.0 Å². The number of thioether (sulfide) groups is 1. The summed E-state index contributed by atoms with van der Waals surface area (Å²) in [5, 5.41) is 9.81. The number of pyridine rings is 1. The van der Waals surface area contributed by atoms with Crippen LogP contribution in [0.3, 0.4) is 0 Å². The molecule has 80 valence electrons. The van der Waals surface area contributed by atoms with Gasteiger partial charge in [-0.25, -0.2) is 0 Å². The summed E-state index contributed by atoms with van der Waals surface area (Å²) in [4.78, 5) is 14.9. The van der Waals surface area contributed by atoms with Crippen LogP contribution in [-0.2, 0) is 10.5 Å². The smallest absolute Gasteiger partial charge is 0.186 e. The summed E-state index contributed by atoms with van der Waals surface area (Å²) in [6.45, 7) is 6.87. The van der Waals surface area contributed by atoms with Gasteiger partial charge in [0.05, 0.1) is 5.69 Å². The van der Waals surface area contributed by atoms with Crippen molar-refractivity contribution in [3.8, 4) is 5.75 Å². The molecule has 0 fully saturated rings. The Morgan fingerprint density at radius 2 is 2.40 bits per heavy atom. The second-order valence-corrected chi connectivity index (χ2v) is 4.26. The van der Waals surface area contributed by atoms with Gasteiger partial charge in [0.25, 0.3) is 0 Å². The van der Waals surface area contributed by atoms with Crippen molar-refractivity contribution in [3.05, 3.63) is 29.6 Å². The Morgan fingerprint density at radius 3 is 2.93 bits per heavy atom. The van der Waals surface area contributed by atoms with E-state index in [2.05, 4.69) is 11.6 Å². The topological polar surface area (TPSA) is 50.2 Å². The molecule has 1 rings (SSSR count). The van der Waals surface area contributed by atoms with Gasteiger partial charge in [-0.1, -0.05) is 24.4 Å². The van der Waals surface area contributed by atoms with Gasteiger partial charge in [-0.15, -0.1) is 0 Å². The molecular formula is C11H13NO2S. The fourth-order valence-electron chi connectivity index (χ4n) is 1.16. The van der Waals surface area contributed by atoms with Crippen LogP contribution >= 0.6 is 11.8 Å². The minimum atomic E-state index is 0.0267. The van der Waals surface area contributed by atoms with Gasteiger partial charge in [-0.2, -0.15) is 0 Å². The zero-order valence-corrected chi connectivity index (χ0v) is 9.60. The van der Waals surface area contributed by atoms with E-state index in [0.29, 0.717) is 11.4 Å². The lowest BCUT2D eigenvalue weighted by atomic mass is 10.1. The van der Waals surface area contributed by atoms with E-state index in [0.717, 1.165) is 22.9 Å². The summed E-state index contributed by atoms with van der Waals surface area (Å²) in [7, 11) is 0. The summed E-state index contributed by atoms with van der Waals surface area (Å²) < 4.78 is 0. The van der Waals surface area contributed by atoms with Crippen LogP contribution < -0.4 is 0 Å². The maximum atomic E-state index is 10.9. The van der Waals surface area contributed by atoms with Crippen LogP contribution in [0.5, 0.6) is 5.75 Å². The monoisotopic (exact) mass is 223 g/mol. The molecule has 0 aliphatic rings. The minimum absolute atomic E-state index is 0.0267. The van der Waals surface area contributed by atoms with E-state index in [1.54, 1.807) is 19.2 Å². The number of aromatic nitrogens is 1. The molecule has 0 bridgehead atoms. The highest BCUT2D eigenvalue weighted by Gasteiger charge is 2.10. The standard InChI is InChI=1S/C11H13NO2S/c1-4-9-5-12-7(2)11(14)10(9)6-15-8(3)13/h4-5,14H,1,6H2,2-3H3. The third-order valence-corrected chi connectivity index (χ3v) is 2.85. The summed E-state index contributed by atoms with van der Waals surface area (Å²) in [5.41, 5.74) is 2.06. The van der Waals surface area contributed by atoms with E-state index in [4.69, 9.17) is 0 Å². The molecule has 0 amide bonds. The zero-order chi connectivity index (χ0) is 11.4. The van der Waals surface area contributed by atoms with E-state index in [-0.39, 0.29) is 10.9 Å². The Bertz CT molecular complexity index is 402. The molecule has 1 heterocycles. The summed E-state index contributed by atoms with van der Waals surface area (Å²) >= 11 is 1.16. The fraction of sp³-hybridized carbons (Fsp3) is 0.273. The third kappa shape index (κ3) is 2.83. The molecular weight excluding hydrogens is 210 g/mol. The normalized spacial score (nSPS) is 10.0. The average molecular weight is 223 g/mol. The molecule has 4 heteroatoms. The number of nitrogens with zero attached hydrogens (tertiary/aromatic N) is 1. The second kappa shape index (κ2) is 4.98. The summed E-state index contributed by atoms with van der Waals surface area (Å²) in [5.74, 6) is 0.604. The van der Waals surface area contributed by atoms with Crippen LogP contribution in [0.1, 0.15) is 23.7 Å². The molecule has 1 aromatic heterocycles.